The lowest BCUT2D eigenvalue weighted by molar-refractivity contribution is 0.589. The van der Waals surface area contributed by atoms with E-state index >= 15 is 0 Å². The normalized spacial score (nSPS) is 13.8. The number of aromatic nitrogens is 2. The Hall–Kier alpha value is -4.96. The number of nitrogens with one attached hydrogen (secondary N) is 2. The van der Waals surface area contributed by atoms with Gasteiger partial charge in [0.2, 0.25) is 0 Å². The second-order valence-corrected chi connectivity index (χ2v) is 19.4. The van der Waals surface area contributed by atoms with Crippen LogP contribution in [0.15, 0.2) is 81.6 Å². The van der Waals surface area contributed by atoms with Gasteiger partial charge in [-0.15, -0.1) is 0 Å². The third-order valence-electron chi connectivity index (χ3n) is 11.3. The van der Waals surface area contributed by atoms with Crippen molar-refractivity contribution in [2.24, 2.45) is 0 Å². The number of benzene rings is 4. The van der Waals surface area contributed by atoms with E-state index in [1.807, 2.05) is 0 Å². The molecule has 0 radical (unpaired) electrons. The van der Waals surface area contributed by atoms with Crippen LogP contribution in [0.25, 0.3) is 88.9 Å². The third kappa shape index (κ3) is 5.09. The van der Waals surface area contributed by atoms with Crippen molar-refractivity contribution in [2.75, 3.05) is 0 Å². The van der Waals surface area contributed by atoms with E-state index in [9.17, 15) is 0 Å². The van der Waals surface area contributed by atoms with Gasteiger partial charge in [0.25, 0.3) is 0 Å². The zero-order valence-electron chi connectivity index (χ0n) is 32.7. The van der Waals surface area contributed by atoms with Gasteiger partial charge in [-0.3, -0.25) is 0 Å². The van der Waals surface area contributed by atoms with Crippen LogP contribution >= 0.6 is 0 Å². The molecule has 52 heavy (non-hydrogen) atoms. The summed E-state index contributed by atoms with van der Waals surface area (Å²) in [7, 11) is 0. The topological polar surface area (TPSA) is 57.9 Å². The first kappa shape index (κ1) is 32.9. The van der Waals surface area contributed by atoms with E-state index < -0.39 is 0 Å². The standard InChI is InChI=1S/C48H50N2O2/c1-45(2,3)29-13-25-17-37-33-21-32(48(10,11)12)16-28-20-40(52-44(28)33)36-24-30(46(4,5)6)14-26-18-38(50-42(26)36)34-22-31(47(7,8)9)15-27-19-39(51-43(27)34)35(23-29)41(25)49-37/h13-24,49-50H,1-12H3. The molecular weight excluding hydrogens is 637 g/mol. The second kappa shape index (κ2) is 10.3. The average molecular weight is 687 g/mol. The summed E-state index contributed by atoms with van der Waals surface area (Å²) in [6, 6.07) is 27.7. The Kier molecular flexibility index (Phi) is 6.54. The number of furan rings is 2. The molecule has 1 aliphatic rings. The van der Waals surface area contributed by atoms with Crippen molar-refractivity contribution in [2.45, 2.75) is 105 Å². The summed E-state index contributed by atoms with van der Waals surface area (Å²) in [5, 5.41) is 4.53. The van der Waals surface area contributed by atoms with E-state index in [0.717, 1.165) is 88.9 Å². The first-order valence-electron chi connectivity index (χ1n) is 18.7. The lowest BCUT2D eigenvalue weighted by Gasteiger charge is -2.20. The van der Waals surface area contributed by atoms with E-state index in [1.54, 1.807) is 0 Å². The van der Waals surface area contributed by atoms with Crippen molar-refractivity contribution in [3.8, 4) is 45.2 Å². The number of aromatic amines is 2. The van der Waals surface area contributed by atoms with Gasteiger partial charge in [0.05, 0.1) is 22.4 Å². The van der Waals surface area contributed by atoms with E-state index in [2.05, 4.69) is 166 Å². The fourth-order valence-electron chi connectivity index (χ4n) is 7.87. The zero-order chi connectivity index (χ0) is 36.9. The summed E-state index contributed by atoms with van der Waals surface area (Å²) in [5.74, 6) is 1.72. The van der Waals surface area contributed by atoms with Gasteiger partial charge >= 0.3 is 0 Å². The SMILES string of the molecule is CC(C)(C)c1cc2c3[nH]c(cc3c1)-c1cc(C(C)(C)C)cc3cc(oc13)-c1cc(C(C)(C)C)cc3cc([nH]c13)-c1cc(C(C)(C)C)cc3cc-2oc13. The molecule has 264 valence electrons. The van der Waals surface area contributed by atoms with Gasteiger partial charge in [0.15, 0.2) is 0 Å². The fraction of sp³-hybridized carbons (Fsp3) is 0.333. The highest BCUT2D eigenvalue weighted by molar-refractivity contribution is 6.06. The lowest BCUT2D eigenvalue weighted by atomic mass is 9.84. The van der Waals surface area contributed by atoms with E-state index in [-0.39, 0.29) is 21.7 Å². The summed E-state index contributed by atoms with van der Waals surface area (Å²) < 4.78 is 14.1. The zero-order valence-corrected chi connectivity index (χ0v) is 32.7. The highest BCUT2D eigenvalue weighted by Crippen LogP contribution is 2.46. The Morgan fingerprint density at radius 1 is 0.346 bits per heavy atom. The molecule has 8 aromatic rings. The molecule has 0 atom stereocenters. The summed E-state index contributed by atoms with van der Waals surface area (Å²) in [4.78, 5) is 7.80. The number of hydrogen-bond acceptors (Lipinski definition) is 2. The Morgan fingerprint density at radius 2 is 0.654 bits per heavy atom. The van der Waals surface area contributed by atoms with Gasteiger partial charge in [-0.25, -0.2) is 0 Å². The average Bonchev–Trinajstić information content (AvgIpc) is 3.83. The minimum absolute atomic E-state index is 0.0552. The van der Waals surface area contributed by atoms with Crippen molar-refractivity contribution in [3.05, 3.63) is 95.1 Å². The quantitative estimate of drug-likeness (QED) is 0.167. The molecule has 0 fully saturated rings. The first-order valence-corrected chi connectivity index (χ1v) is 18.7. The van der Waals surface area contributed by atoms with Gasteiger partial charge in [0.1, 0.15) is 22.7 Å². The van der Waals surface area contributed by atoms with Crippen LogP contribution in [0, 0.1) is 0 Å². The smallest absolute Gasteiger partial charge is 0.144 e. The molecule has 4 heteroatoms. The van der Waals surface area contributed by atoms with Crippen LogP contribution in [0.4, 0.5) is 0 Å². The molecule has 1 aliphatic heterocycles. The molecular formula is C48H50N2O2. The molecule has 4 aromatic carbocycles. The van der Waals surface area contributed by atoms with E-state index in [4.69, 9.17) is 8.83 Å². The van der Waals surface area contributed by atoms with Crippen LogP contribution in [0.1, 0.15) is 105 Å². The number of hydrogen-bond donors (Lipinski definition) is 2. The first-order chi connectivity index (χ1) is 24.2. The van der Waals surface area contributed by atoms with Crippen molar-refractivity contribution in [1.29, 1.82) is 0 Å². The largest absolute Gasteiger partial charge is 0.455 e. The molecule has 4 nitrogen and oxygen atoms in total. The molecule has 0 unspecified atom stereocenters. The van der Waals surface area contributed by atoms with Crippen molar-refractivity contribution in [3.63, 3.8) is 0 Å². The Morgan fingerprint density at radius 3 is 0.981 bits per heavy atom. The monoisotopic (exact) mass is 686 g/mol. The van der Waals surface area contributed by atoms with Crippen LogP contribution in [-0.2, 0) is 21.7 Å². The van der Waals surface area contributed by atoms with Gasteiger partial charge in [0, 0.05) is 43.8 Å². The maximum atomic E-state index is 7.06. The molecule has 0 saturated heterocycles. The molecule has 9 rings (SSSR count). The minimum atomic E-state index is -0.0575. The molecule has 4 aromatic heterocycles. The molecule has 0 spiro atoms. The maximum absolute atomic E-state index is 7.06. The third-order valence-corrected chi connectivity index (χ3v) is 11.3. The van der Waals surface area contributed by atoms with Crippen molar-refractivity contribution < 1.29 is 8.83 Å². The number of rotatable bonds is 0. The molecule has 0 amide bonds. The summed E-state index contributed by atoms with van der Waals surface area (Å²) in [6.07, 6.45) is 0. The molecule has 5 heterocycles. The highest BCUT2D eigenvalue weighted by atomic mass is 16.3. The van der Waals surface area contributed by atoms with Crippen molar-refractivity contribution in [1.82, 2.24) is 9.97 Å². The Balaban J connectivity index is 1.48. The van der Waals surface area contributed by atoms with E-state index in [0.29, 0.717) is 0 Å². The van der Waals surface area contributed by atoms with E-state index in [1.165, 1.54) is 22.3 Å². The summed E-state index contributed by atoms with van der Waals surface area (Å²) in [6.45, 7) is 27.4. The minimum Gasteiger partial charge on any atom is -0.455 e. The lowest BCUT2D eigenvalue weighted by Crippen LogP contribution is -2.11. The summed E-state index contributed by atoms with van der Waals surface area (Å²) in [5.41, 5.74) is 15.1. The van der Waals surface area contributed by atoms with Gasteiger partial charge in [-0.05, 0) is 117 Å². The van der Waals surface area contributed by atoms with Gasteiger partial charge in [-0.1, -0.05) is 83.1 Å². The molecule has 8 bridgehead atoms. The summed E-state index contributed by atoms with van der Waals surface area (Å²) >= 11 is 0. The van der Waals surface area contributed by atoms with Crippen LogP contribution < -0.4 is 0 Å². The van der Waals surface area contributed by atoms with Gasteiger partial charge < -0.3 is 18.8 Å². The van der Waals surface area contributed by atoms with Crippen LogP contribution in [-0.4, -0.2) is 9.97 Å². The predicted octanol–water partition coefficient (Wildman–Crippen LogP) is 14.3. The number of H-pyrrole nitrogens is 2. The molecule has 2 N–H and O–H groups in total. The van der Waals surface area contributed by atoms with Crippen LogP contribution in [0.2, 0.25) is 0 Å². The predicted molar refractivity (Wildman–Crippen MR) is 220 cm³/mol. The number of fused-ring (bicyclic) bond motifs is 8. The fourth-order valence-corrected chi connectivity index (χ4v) is 7.87. The Labute approximate surface area is 306 Å². The maximum Gasteiger partial charge on any atom is 0.144 e. The van der Waals surface area contributed by atoms with Gasteiger partial charge in [-0.2, -0.15) is 0 Å². The van der Waals surface area contributed by atoms with Crippen molar-refractivity contribution >= 4 is 43.7 Å². The molecule has 0 saturated carbocycles. The Bertz CT molecular complexity index is 2380. The van der Waals surface area contributed by atoms with Crippen LogP contribution in [0.3, 0.4) is 0 Å². The molecule has 0 aliphatic carbocycles. The highest BCUT2D eigenvalue weighted by Gasteiger charge is 2.27. The van der Waals surface area contributed by atoms with Crippen LogP contribution in [0.5, 0.6) is 0 Å². The second-order valence-electron chi connectivity index (χ2n) is 19.4.